The summed E-state index contributed by atoms with van der Waals surface area (Å²) in [6.07, 6.45) is 1.62. The van der Waals surface area contributed by atoms with Crippen molar-refractivity contribution in [1.29, 1.82) is 0 Å². The van der Waals surface area contributed by atoms with Gasteiger partial charge in [-0.05, 0) is 44.5 Å². The number of rotatable bonds is 6. The van der Waals surface area contributed by atoms with Gasteiger partial charge in [-0.2, -0.15) is 0 Å². The molecule has 0 aliphatic carbocycles. The summed E-state index contributed by atoms with van der Waals surface area (Å²) in [6.45, 7) is 6.44. The van der Waals surface area contributed by atoms with Crippen molar-refractivity contribution in [2.24, 2.45) is 0 Å². The number of hydrogen-bond acceptors (Lipinski definition) is 3. The minimum atomic E-state index is -0.416. The van der Waals surface area contributed by atoms with Gasteiger partial charge in [0.2, 0.25) is 0 Å². The quantitative estimate of drug-likeness (QED) is 0.782. The minimum Gasteiger partial charge on any atom is -0.491 e. The Morgan fingerprint density at radius 1 is 1.28 bits per heavy atom. The first-order valence-corrected chi connectivity index (χ1v) is 6.32. The van der Waals surface area contributed by atoms with Gasteiger partial charge in [-0.3, -0.25) is 5.32 Å². The molecule has 0 atom stereocenters. The fourth-order valence-corrected chi connectivity index (χ4v) is 1.35. The van der Waals surface area contributed by atoms with Gasteiger partial charge in [0.25, 0.3) is 0 Å². The Balaban J connectivity index is 2.40. The molecule has 0 aliphatic heterocycles. The van der Waals surface area contributed by atoms with E-state index >= 15 is 0 Å². The lowest BCUT2D eigenvalue weighted by Crippen LogP contribution is -2.14. The van der Waals surface area contributed by atoms with Gasteiger partial charge in [0, 0.05) is 5.69 Å². The normalized spacial score (nSPS) is 10.2. The fraction of sp³-hybridized carbons (Fsp3) is 0.500. The molecule has 1 rings (SSSR count). The molecule has 0 radical (unpaired) electrons. The molecule has 100 valence electrons. The van der Waals surface area contributed by atoms with Crippen LogP contribution in [0.2, 0.25) is 0 Å². The SMILES string of the molecule is CCCCOC(=O)Nc1ccc(OC(C)C)cc1. The predicted octanol–water partition coefficient (Wildman–Crippen LogP) is 3.82. The predicted molar refractivity (Wildman–Crippen MR) is 72.1 cm³/mol. The largest absolute Gasteiger partial charge is 0.491 e. The lowest BCUT2D eigenvalue weighted by atomic mass is 10.3. The van der Waals surface area contributed by atoms with Crippen molar-refractivity contribution >= 4 is 11.8 Å². The summed E-state index contributed by atoms with van der Waals surface area (Å²) in [5.41, 5.74) is 0.701. The van der Waals surface area contributed by atoms with E-state index in [9.17, 15) is 4.79 Å². The second kappa shape index (κ2) is 7.58. The molecule has 0 heterocycles. The Morgan fingerprint density at radius 3 is 2.50 bits per heavy atom. The van der Waals surface area contributed by atoms with Gasteiger partial charge in [0.05, 0.1) is 12.7 Å². The molecule has 0 aromatic heterocycles. The van der Waals surface area contributed by atoms with Crippen molar-refractivity contribution in [3.8, 4) is 5.75 Å². The maximum atomic E-state index is 11.4. The molecule has 0 bridgehead atoms. The topological polar surface area (TPSA) is 47.6 Å². The number of benzene rings is 1. The van der Waals surface area contributed by atoms with Crippen LogP contribution in [0.5, 0.6) is 5.75 Å². The number of ether oxygens (including phenoxy) is 2. The molecule has 18 heavy (non-hydrogen) atoms. The average Bonchev–Trinajstić information content (AvgIpc) is 2.31. The van der Waals surface area contributed by atoms with Crippen LogP contribution in [0, 0.1) is 0 Å². The Bertz CT molecular complexity index is 360. The third-order valence-corrected chi connectivity index (χ3v) is 2.20. The lowest BCUT2D eigenvalue weighted by molar-refractivity contribution is 0.160. The van der Waals surface area contributed by atoms with Crippen LogP contribution >= 0.6 is 0 Å². The number of hydrogen-bond donors (Lipinski definition) is 1. The average molecular weight is 251 g/mol. The molecule has 0 aliphatic rings. The number of amides is 1. The van der Waals surface area contributed by atoms with Crippen LogP contribution in [0.25, 0.3) is 0 Å². The Kier molecular flexibility index (Phi) is 6.05. The standard InChI is InChI=1S/C14H21NO3/c1-4-5-10-17-14(16)15-12-6-8-13(9-7-12)18-11(2)3/h6-9,11H,4-5,10H2,1-3H3,(H,15,16). The summed E-state index contributed by atoms with van der Waals surface area (Å²) < 4.78 is 10.5. The van der Waals surface area contributed by atoms with Crippen molar-refractivity contribution in [1.82, 2.24) is 0 Å². The lowest BCUT2D eigenvalue weighted by Gasteiger charge is -2.10. The third-order valence-electron chi connectivity index (χ3n) is 2.20. The fourth-order valence-electron chi connectivity index (χ4n) is 1.35. The molecule has 0 saturated carbocycles. The molecule has 4 nitrogen and oxygen atoms in total. The zero-order valence-corrected chi connectivity index (χ0v) is 11.2. The van der Waals surface area contributed by atoms with Crippen LogP contribution in [0.15, 0.2) is 24.3 Å². The molecular formula is C14H21NO3. The summed E-state index contributed by atoms with van der Waals surface area (Å²) in [5, 5.41) is 2.66. The molecule has 4 heteroatoms. The summed E-state index contributed by atoms with van der Waals surface area (Å²) >= 11 is 0. The Hall–Kier alpha value is -1.71. The highest BCUT2D eigenvalue weighted by atomic mass is 16.5. The van der Waals surface area contributed by atoms with E-state index in [2.05, 4.69) is 12.2 Å². The molecule has 1 N–H and O–H groups in total. The van der Waals surface area contributed by atoms with Crippen molar-refractivity contribution in [2.75, 3.05) is 11.9 Å². The summed E-state index contributed by atoms with van der Waals surface area (Å²) in [5.74, 6) is 0.787. The second-order valence-corrected chi connectivity index (χ2v) is 4.31. The molecule has 0 unspecified atom stereocenters. The number of anilines is 1. The van der Waals surface area contributed by atoms with Crippen molar-refractivity contribution in [2.45, 2.75) is 39.7 Å². The number of unbranched alkanes of at least 4 members (excludes halogenated alkanes) is 1. The van der Waals surface area contributed by atoms with Crippen molar-refractivity contribution in [3.05, 3.63) is 24.3 Å². The van der Waals surface area contributed by atoms with Crippen LogP contribution in [-0.4, -0.2) is 18.8 Å². The van der Waals surface area contributed by atoms with E-state index < -0.39 is 6.09 Å². The molecule has 1 amide bonds. The molecule has 1 aromatic carbocycles. The van der Waals surface area contributed by atoms with Gasteiger partial charge in [0.1, 0.15) is 5.75 Å². The number of nitrogens with one attached hydrogen (secondary N) is 1. The molecule has 0 saturated heterocycles. The third kappa shape index (κ3) is 5.57. The maximum absolute atomic E-state index is 11.4. The van der Waals surface area contributed by atoms with Gasteiger partial charge < -0.3 is 9.47 Å². The maximum Gasteiger partial charge on any atom is 0.411 e. The highest BCUT2D eigenvalue weighted by Crippen LogP contribution is 2.16. The van der Waals surface area contributed by atoms with Gasteiger partial charge in [-0.15, -0.1) is 0 Å². The number of carbonyl (C=O) groups excluding carboxylic acids is 1. The molecule has 0 spiro atoms. The van der Waals surface area contributed by atoms with Gasteiger partial charge in [0.15, 0.2) is 0 Å². The second-order valence-electron chi connectivity index (χ2n) is 4.31. The van der Waals surface area contributed by atoms with Crippen LogP contribution in [0.3, 0.4) is 0 Å². The molecular weight excluding hydrogens is 230 g/mol. The van der Waals surface area contributed by atoms with Crippen molar-refractivity contribution < 1.29 is 14.3 Å². The Morgan fingerprint density at radius 2 is 1.94 bits per heavy atom. The van der Waals surface area contributed by atoms with Gasteiger partial charge >= 0.3 is 6.09 Å². The monoisotopic (exact) mass is 251 g/mol. The summed E-state index contributed by atoms with van der Waals surface area (Å²) in [7, 11) is 0. The molecule has 0 fully saturated rings. The van der Waals surface area contributed by atoms with E-state index in [1.54, 1.807) is 12.1 Å². The van der Waals surface area contributed by atoms with Crippen LogP contribution in [-0.2, 0) is 4.74 Å². The first-order valence-electron chi connectivity index (χ1n) is 6.32. The summed E-state index contributed by atoms with van der Waals surface area (Å²) in [6, 6.07) is 7.22. The van der Waals surface area contributed by atoms with Crippen LogP contribution in [0.4, 0.5) is 10.5 Å². The van der Waals surface area contributed by atoms with Gasteiger partial charge in [-0.1, -0.05) is 13.3 Å². The van der Waals surface area contributed by atoms with E-state index in [4.69, 9.17) is 9.47 Å². The first kappa shape index (κ1) is 14.4. The minimum absolute atomic E-state index is 0.141. The Labute approximate surface area is 108 Å². The van der Waals surface area contributed by atoms with Gasteiger partial charge in [-0.25, -0.2) is 4.79 Å². The number of carbonyl (C=O) groups is 1. The van der Waals surface area contributed by atoms with E-state index in [1.807, 2.05) is 26.0 Å². The van der Waals surface area contributed by atoms with E-state index in [0.29, 0.717) is 12.3 Å². The highest BCUT2D eigenvalue weighted by molar-refractivity contribution is 5.84. The van der Waals surface area contributed by atoms with E-state index in [0.717, 1.165) is 18.6 Å². The van der Waals surface area contributed by atoms with Crippen LogP contribution < -0.4 is 10.1 Å². The van der Waals surface area contributed by atoms with Crippen LogP contribution in [0.1, 0.15) is 33.6 Å². The zero-order chi connectivity index (χ0) is 13.4. The smallest absolute Gasteiger partial charge is 0.411 e. The summed E-state index contributed by atoms with van der Waals surface area (Å²) in [4.78, 5) is 11.4. The molecule has 1 aromatic rings. The van der Waals surface area contributed by atoms with E-state index in [-0.39, 0.29) is 6.10 Å². The highest BCUT2D eigenvalue weighted by Gasteiger charge is 2.03. The van der Waals surface area contributed by atoms with E-state index in [1.165, 1.54) is 0 Å². The first-order chi connectivity index (χ1) is 8.61. The van der Waals surface area contributed by atoms with Crippen molar-refractivity contribution in [3.63, 3.8) is 0 Å². The zero-order valence-electron chi connectivity index (χ0n) is 11.2.